The van der Waals surface area contributed by atoms with Crippen LogP contribution >= 0.6 is 15.9 Å². The Labute approximate surface area is 178 Å². The van der Waals surface area contributed by atoms with Gasteiger partial charge in [-0.3, -0.25) is 4.79 Å². The largest absolute Gasteiger partial charge is 0.454 e. The molecule has 0 spiro atoms. The molecule has 2 aromatic carbocycles. The lowest BCUT2D eigenvalue weighted by atomic mass is 9.84. The molecule has 0 aromatic heterocycles. The summed E-state index contributed by atoms with van der Waals surface area (Å²) in [5, 5.41) is 5.09. The van der Waals surface area contributed by atoms with E-state index in [2.05, 4.69) is 15.9 Å². The standard InChI is InChI=1S/C21H22BrNO5S/c22-19-11-10-17(29(23,26)27)12-18(19)21(25)28-13-20(24)16-8-6-15(7-9-16)14-4-2-1-3-5-14/h6-12,14H,1-5,13H2,(H2,23,26,27). The molecule has 1 aliphatic carbocycles. The van der Waals surface area contributed by atoms with E-state index in [0.717, 1.165) is 6.07 Å². The second kappa shape index (κ2) is 9.19. The highest BCUT2D eigenvalue weighted by Crippen LogP contribution is 2.32. The number of rotatable bonds is 6. The number of carbonyl (C=O) groups is 2. The topological polar surface area (TPSA) is 104 Å². The number of esters is 1. The van der Waals surface area contributed by atoms with Gasteiger partial charge in [-0.2, -0.15) is 0 Å². The second-order valence-electron chi connectivity index (χ2n) is 7.14. The Balaban J connectivity index is 1.64. The zero-order chi connectivity index (χ0) is 21.0. The number of nitrogens with two attached hydrogens (primary N) is 1. The summed E-state index contributed by atoms with van der Waals surface area (Å²) in [6.45, 7) is -0.437. The lowest BCUT2D eigenvalue weighted by molar-refractivity contribution is 0.0473. The molecular weight excluding hydrogens is 458 g/mol. The Morgan fingerprint density at radius 3 is 2.31 bits per heavy atom. The van der Waals surface area contributed by atoms with Gasteiger partial charge < -0.3 is 4.74 Å². The molecule has 0 saturated heterocycles. The van der Waals surface area contributed by atoms with Crippen LogP contribution in [0.15, 0.2) is 51.8 Å². The maximum atomic E-state index is 12.4. The molecule has 154 valence electrons. The number of hydrogen-bond donors (Lipinski definition) is 1. The maximum absolute atomic E-state index is 12.4. The second-order valence-corrected chi connectivity index (χ2v) is 9.56. The van der Waals surface area contributed by atoms with Gasteiger partial charge in [0.15, 0.2) is 12.4 Å². The lowest BCUT2D eigenvalue weighted by Gasteiger charge is -2.22. The minimum absolute atomic E-state index is 0.0167. The van der Waals surface area contributed by atoms with E-state index in [0.29, 0.717) is 16.0 Å². The maximum Gasteiger partial charge on any atom is 0.339 e. The predicted molar refractivity (Wildman–Crippen MR) is 112 cm³/mol. The van der Waals surface area contributed by atoms with Crippen LogP contribution in [0.25, 0.3) is 0 Å². The van der Waals surface area contributed by atoms with Crippen molar-refractivity contribution >= 4 is 37.7 Å². The molecule has 0 aliphatic heterocycles. The summed E-state index contributed by atoms with van der Waals surface area (Å²) in [5.41, 5.74) is 1.69. The van der Waals surface area contributed by atoms with Crippen LogP contribution in [0, 0.1) is 0 Å². The van der Waals surface area contributed by atoms with Gasteiger partial charge >= 0.3 is 5.97 Å². The predicted octanol–water partition coefficient (Wildman–Crippen LogP) is 4.18. The quantitative estimate of drug-likeness (QED) is 0.494. The smallest absolute Gasteiger partial charge is 0.339 e. The summed E-state index contributed by atoms with van der Waals surface area (Å²) >= 11 is 3.17. The van der Waals surface area contributed by atoms with Crippen LogP contribution in [-0.2, 0) is 14.8 Å². The van der Waals surface area contributed by atoms with Crippen molar-refractivity contribution in [2.24, 2.45) is 5.14 Å². The fourth-order valence-corrected chi connectivity index (χ4v) is 4.46. The van der Waals surface area contributed by atoms with Gasteiger partial charge in [-0.15, -0.1) is 0 Å². The zero-order valence-electron chi connectivity index (χ0n) is 15.8. The molecule has 3 rings (SSSR count). The molecule has 0 amide bonds. The van der Waals surface area contributed by atoms with Crippen LogP contribution in [0.1, 0.15) is 64.3 Å². The zero-order valence-corrected chi connectivity index (χ0v) is 18.2. The number of carbonyl (C=O) groups excluding carboxylic acids is 2. The summed E-state index contributed by atoms with van der Waals surface area (Å²) in [7, 11) is -3.96. The average Bonchev–Trinajstić information content (AvgIpc) is 2.72. The summed E-state index contributed by atoms with van der Waals surface area (Å²) in [4.78, 5) is 24.5. The molecule has 2 N–H and O–H groups in total. The van der Waals surface area contributed by atoms with E-state index in [9.17, 15) is 18.0 Å². The average molecular weight is 480 g/mol. The molecule has 1 aliphatic rings. The van der Waals surface area contributed by atoms with E-state index >= 15 is 0 Å². The SMILES string of the molecule is NS(=O)(=O)c1ccc(Br)c(C(=O)OCC(=O)c2ccc(C3CCCCC3)cc2)c1. The molecule has 8 heteroatoms. The van der Waals surface area contributed by atoms with E-state index in [1.165, 1.54) is 49.8 Å². The molecule has 0 atom stereocenters. The highest BCUT2D eigenvalue weighted by atomic mass is 79.9. The van der Waals surface area contributed by atoms with E-state index in [1.807, 2.05) is 12.1 Å². The van der Waals surface area contributed by atoms with Gasteiger partial charge in [0, 0.05) is 10.0 Å². The summed E-state index contributed by atoms with van der Waals surface area (Å²) in [5.74, 6) is -0.587. The molecule has 29 heavy (non-hydrogen) atoms. The number of benzene rings is 2. The van der Waals surface area contributed by atoms with Crippen molar-refractivity contribution in [1.82, 2.24) is 0 Å². The number of sulfonamides is 1. The van der Waals surface area contributed by atoms with Crippen molar-refractivity contribution in [3.05, 3.63) is 63.6 Å². The van der Waals surface area contributed by atoms with Gasteiger partial charge in [0.1, 0.15) is 0 Å². The van der Waals surface area contributed by atoms with Gasteiger partial charge in [0.25, 0.3) is 0 Å². The fraction of sp³-hybridized carbons (Fsp3) is 0.333. The minimum Gasteiger partial charge on any atom is -0.454 e. The number of primary sulfonamides is 1. The van der Waals surface area contributed by atoms with Gasteiger partial charge in [-0.1, -0.05) is 43.5 Å². The minimum atomic E-state index is -3.96. The first-order valence-corrected chi connectivity index (χ1v) is 11.7. The number of hydrogen-bond acceptors (Lipinski definition) is 5. The van der Waals surface area contributed by atoms with E-state index in [-0.39, 0.29) is 16.2 Å². The van der Waals surface area contributed by atoms with Crippen LogP contribution in [0.3, 0.4) is 0 Å². The van der Waals surface area contributed by atoms with E-state index < -0.39 is 22.6 Å². The fourth-order valence-electron chi connectivity index (χ4n) is 3.51. The monoisotopic (exact) mass is 479 g/mol. The van der Waals surface area contributed by atoms with Crippen molar-refractivity contribution < 1.29 is 22.7 Å². The van der Waals surface area contributed by atoms with Crippen molar-refractivity contribution in [1.29, 1.82) is 0 Å². The first kappa shape index (κ1) is 21.7. The first-order chi connectivity index (χ1) is 13.8. The molecule has 1 fully saturated rings. The lowest BCUT2D eigenvalue weighted by Crippen LogP contribution is -2.16. The highest BCUT2D eigenvalue weighted by Gasteiger charge is 2.19. The summed E-state index contributed by atoms with van der Waals surface area (Å²) < 4.78 is 28.4. The number of ether oxygens (including phenoxy) is 1. The molecule has 6 nitrogen and oxygen atoms in total. The van der Waals surface area contributed by atoms with Crippen molar-refractivity contribution in [2.75, 3.05) is 6.61 Å². The van der Waals surface area contributed by atoms with Crippen molar-refractivity contribution in [3.63, 3.8) is 0 Å². The van der Waals surface area contributed by atoms with Gasteiger partial charge in [-0.05, 0) is 58.5 Å². The van der Waals surface area contributed by atoms with Gasteiger partial charge in [0.2, 0.25) is 10.0 Å². The van der Waals surface area contributed by atoms with Crippen molar-refractivity contribution in [2.45, 2.75) is 42.9 Å². The molecule has 1 saturated carbocycles. The summed E-state index contributed by atoms with van der Waals surface area (Å²) in [6, 6.07) is 11.2. The normalized spacial score (nSPS) is 15.1. The van der Waals surface area contributed by atoms with Crippen LogP contribution in [0.5, 0.6) is 0 Å². The Kier molecular flexibility index (Phi) is 6.87. The van der Waals surface area contributed by atoms with Crippen LogP contribution in [0.4, 0.5) is 0 Å². The third-order valence-corrected chi connectivity index (χ3v) is 6.73. The number of halogens is 1. The van der Waals surface area contributed by atoms with Crippen LogP contribution < -0.4 is 5.14 Å². The Hall–Kier alpha value is -2.03. The molecule has 2 aromatic rings. The Bertz CT molecular complexity index is 1010. The first-order valence-electron chi connectivity index (χ1n) is 9.38. The van der Waals surface area contributed by atoms with Crippen molar-refractivity contribution in [3.8, 4) is 0 Å². The highest BCUT2D eigenvalue weighted by molar-refractivity contribution is 9.10. The third kappa shape index (κ3) is 5.52. The van der Waals surface area contributed by atoms with Gasteiger partial charge in [-0.25, -0.2) is 18.4 Å². The molecule has 0 bridgehead atoms. The van der Waals surface area contributed by atoms with E-state index in [1.54, 1.807) is 12.1 Å². The molecular formula is C21H22BrNO5S. The van der Waals surface area contributed by atoms with E-state index in [4.69, 9.17) is 9.88 Å². The Morgan fingerprint density at radius 1 is 1.03 bits per heavy atom. The summed E-state index contributed by atoms with van der Waals surface area (Å²) in [6.07, 6.45) is 6.12. The molecule has 0 unspecified atom stereocenters. The number of Topliss-reactive ketones (excluding diaryl/α,β-unsaturated/α-hetero) is 1. The van der Waals surface area contributed by atoms with Crippen LogP contribution in [0.2, 0.25) is 0 Å². The molecule has 0 heterocycles. The molecule has 0 radical (unpaired) electrons. The Morgan fingerprint density at radius 2 is 1.69 bits per heavy atom. The number of ketones is 1. The third-order valence-electron chi connectivity index (χ3n) is 5.13. The van der Waals surface area contributed by atoms with Crippen LogP contribution in [-0.4, -0.2) is 26.8 Å². The van der Waals surface area contributed by atoms with Gasteiger partial charge in [0.05, 0.1) is 10.5 Å².